The van der Waals surface area contributed by atoms with Crippen LogP contribution in [0, 0.1) is 0 Å². The standard InChI is InChI=1S/C7H3BrN2O2S2/c8-4-2-1-3(13-4)5-6(7(11)12)10-14-9-5/h1-2H,(H,11,12). The molecule has 0 aromatic carbocycles. The van der Waals surface area contributed by atoms with Crippen LogP contribution in [0.1, 0.15) is 10.5 Å². The van der Waals surface area contributed by atoms with Crippen molar-refractivity contribution in [2.75, 3.05) is 0 Å². The molecule has 0 aliphatic carbocycles. The first-order valence-electron chi connectivity index (χ1n) is 3.50. The number of hydrogen-bond acceptors (Lipinski definition) is 5. The molecule has 0 aliphatic heterocycles. The number of rotatable bonds is 2. The molecule has 0 unspecified atom stereocenters. The molecule has 14 heavy (non-hydrogen) atoms. The maximum atomic E-state index is 10.8. The summed E-state index contributed by atoms with van der Waals surface area (Å²) < 4.78 is 8.63. The second-order valence-electron chi connectivity index (χ2n) is 2.37. The third kappa shape index (κ3) is 1.70. The van der Waals surface area contributed by atoms with Gasteiger partial charge >= 0.3 is 5.97 Å². The van der Waals surface area contributed by atoms with Crippen molar-refractivity contribution in [3.63, 3.8) is 0 Å². The van der Waals surface area contributed by atoms with Gasteiger partial charge in [-0.05, 0) is 28.1 Å². The van der Waals surface area contributed by atoms with E-state index in [1.165, 1.54) is 11.3 Å². The summed E-state index contributed by atoms with van der Waals surface area (Å²) in [6.07, 6.45) is 0. The number of carboxylic acids is 1. The summed E-state index contributed by atoms with van der Waals surface area (Å²) >= 11 is 5.65. The minimum Gasteiger partial charge on any atom is -0.476 e. The van der Waals surface area contributed by atoms with Gasteiger partial charge in [-0.3, -0.25) is 0 Å². The van der Waals surface area contributed by atoms with Gasteiger partial charge < -0.3 is 5.11 Å². The van der Waals surface area contributed by atoms with E-state index in [1.54, 1.807) is 0 Å². The molecule has 7 heteroatoms. The molecule has 2 aromatic rings. The van der Waals surface area contributed by atoms with Gasteiger partial charge in [-0.1, -0.05) is 0 Å². The van der Waals surface area contributed by atoms with Crippen LogP contribution in [0.3, 0.4) is 0 Å². The lowest BCUT2D eigenvalue weighted by Gasteiger charge is -1.90. The molecule has 0 fully saturated rings. The average molecular weight is 291 g/mol. The molecule has 0 spiro atoms. The molecule has 4 nitrogen and oxygen atoms in total. The highest BCUT2D eigenvalue weighted by Gasteiger charge is 2.17. The monoisotopic (exact) mass is 290 g/mol. The highest BCUT2D eigenvalue weighted by Crippen LogP contribution is 2.32. The van der Waals surface area contributed by atoms with Crippen LogP contribution in [-0.4, -0.2) is 19.8 Å². The highest BCUT2D eigenvalue weighted by molar-refractivity contribution is 9.11. The summed E-state index contributed by atoms with van der Waals surface area (Å²) in [4.78, 5) is 11.6. The molecule has 2 heterocycles. The second kappa shape index (κ2) is 3.76. The predicted octanol–water partition coefficient (Wildman–Crippen LogP) is 2.73. The molecular weight excluding hydrogens is 288 g/mol. The van der Waals surface area contributed by atoms with Crippen molar-refractivity contribution in [1.29, 1.82) is 0 Å². The van der Waals surface area contributed by atoms with Crippen molar-refractivity contribution >= 4 is 45.0 Å². The normalized spacial score (nSPS) is 10.4. The van der Waals surface area contributed by atoms with E-state index in [0.717, 1.165) is 20.4 Å². The van der Waals surface area contributed by atoms with Crippen molar-refractivity contribution in [2.24, 2.45) is 0 Å². The third-order valence-electron chi connectivity index (χ3n) is 1.50. The molecule has 0 aliphatic rings. The Labute approximate surface area is 95.7 Å². The summed E-state index contributed by atoms with van der Waals surface area (Å²) in [5.41, 5.74) is 0.461. The number of thiophene rings is 1. The smallest absolute Gasteiger partial charge is 0.358 e. The highest BCUT2D eigenvalue weighted by atomic mass is 79.9. The van der Waals surface area contributed by atoms with Crippen LogP contribution in [0.15, 0.2) is 15.9 Å². The van der Waals surface area contributed by atoms with Crippen molar-refractivity contribution in [3.8, 4) is 10.6 Å². The predicted molar refractivity (Wildman–Crippen MR) is 57.9 cm³/mol. The molecule has 0 saturated heterocycles. The average Bonchev–Trinajstić information content (AvgIpc) is 2.70. The maximum absolute atomic E-state index is 10.8. The molecule has 2 aromatic heterocycles. The first kappa shape index (κ1) is 9.75. The van der Waals surface area contributed by atoms with Crippen LogP contribution in [0.25, 0.3) is 10.6 Å². The van der Waals surface area contributed by atoms with Crippen LogP contribution < -0.4 is 0 Å². The van der Waals surface area contributed by atoms with Crippen molar-refractivity contribution < 1.29 is 9.90 Å². The van der Waals surface area contributed by atoms with Crippen molar-refractivity contribution in [3.05, 3.63) is 21.6 Å². The number of carboxylic acid groups (broad SMARTS) is 1. The Morgan fingerprint density at radius 2 is 2.21 bits per heavy atom. The molecule has 0 atom stereocenters. The van der Waals surface area contributed by atoms with Gasteiger partial charge in [-0.2, -0.15) is 8.75 Å². The Balaban J connectivity index is 2.51. The Kier molecular flexibility index (Phi) is 2.62. The molecule has 72 valence electrons. The zero-order valence-electron chi connectivity index (χ0n) is 6.60. The van der Waals surface area contributed by atoms with Gasteiger partial charge in [0.1, 0.15) is 5.69 Å². The maximum Gasteiger partial charge on any atom is 0.358 e. The first-order valence-corrected chi connectivity index (χ1v) is 5.84. The lowest BCUT2D eigenvalue weighted by Crippen LogP contribution is -1.98. The molecule has 2 rings (SSSR count). The second-order valence-corrected chi connectivity index (χ2v) is 5.36. The van der Waals surface area contributed by atoms with Crippen molar-refractivity contribution in [2.45, 2.75) is 0 Å². The van der Waals surface area contributed by atoms with E-state index in [4.69, 9.17) is 5.11 Å². The quantitative estimate of drug-likeness (QED) is 0.924. The largest absolute Gasteiger partial charge is 0.476 e. The van der Waals surface area contributed by atoms with E-state index >= 15 is 0 Å². The van der Waals surface area contributed by atoms with Gasteiger partial charge in [0, 0.05) is 0 Å². The number of carbonyl (C=O) groups is 1. The van der Waals surface area contributed by atoms with E-state index in [0.29, 0.717) is 5.69 Å². The summed E-state index contributed by atoms with van der Waals surface area (Å²) in [6, 6.07) is 3.67. The number of aromatic nitrogens is 2. The Hall–Kier alpha value is -0.790. The molecule has 1 N–H and O–H groups in total. The fourth-order valence-corrected chi connectivity index (χ4v) is 2.92. The van der Waals surface area contributed by atoms with Crippen LogP contribution >= 0.6 is 39.0 Å². The van der Waals surface area contributed by atoms with Crippen LogP contribution in [-0.2, 0) is 0 Å². The summed E-state index contributed by atoms with van der Waals surface area (Å²) in [5, 5.41) is 8.82. The third-order valence-corrected chi connectivity index (χ3v) is 3.66. The van der Waals surface area contributed by atoms with Gasteiger partial charge in [0.05, 0.1) is 20.4 Å². The minimum atomic E-state index is -1.04. The number of hydrogen-bond donors (Lipinski definition) is 1. The minimum absolute atomic E-state index is 0.0179. The van der Waals surface area contributed by atoms with E-state index in [9.17, 15) is 4.79 Å². The van der Waals surface area contributed by atoms with Gasteiger partial charge in [0.2, 0.25) is 0 Å². The number of halogens is 1. The van der Waals surface area contributed by atoms with Crippen LogP contribution in [0.5, 0.6) is 0 Å². The van der Waals surface area contributed by atoms with Crippen LogP contribution in [0.4, 0.5) is 0 Å². The Morgan fingerprint density at radius 3 is 2.79 bits per heavy atom. The molecular formula is C7H3BrN2O2S2. The van der Waals surface area contributed by atoms with Gasteiger partial charge in [-0.25, -0.2) is 4.79 Å². The molecule has 0 radical (unpaired) electrons. The van der Waals surface area contributed by atoms with E-state index in [-0.39, 0.29) is 5.69 Å². The van der Waals surface area contributed by atoms with Gasteiger partial charge in [0.25, 0.3) is 0 Å². The SMILES string of the molecule is O=C(O)c1nsnc1-c1ccc(Br)s1. The van der Waals surface area contributed by atoms with E-state index in [1.807, 2.05) is 12.1 Å². The first-order chi connectivity index (χ1) is 6.68. The van der Waals surface area contributed by atoms with Gasteiger partial charge in [-0.15, -0.1) is 11.3 Å². The van der Waals surface area contributed by atoms with Gasteiger partial charge in [0.15, 0.2) is 5.69 Å². The number of aromatic carboxylic acids is 1. The zero-order valence-corrected chi connectivity index (χ0v) is 9.82. The lowest BCUT2D eigenvalue weighted by atomic mass is 10.3. The Morgan fingerprint density at radius 1 is 1.43 bits per heavy atom. The molecule has 0 saturated carbocycles. The molecule has 0 bridgehead atoms. The summed E-state index contributed by atoms with van der Waals surface area (Å²) in [7, 11) is 0. The fraction of sp³-hybridized carbons (Fsp3) is 0. The Bertz CT molecular complexity index is 479. The van der Waals surface area contributed by atoms with Crippen LogP contribution in [0.2, 0.25) is 0 Å². The number of nitrogens with zero attached hydrogens (tertiary/aromatic N) is 2. The lowest BCUT2D eigenvalue weighted by molar-refractivity contribution is 0.0692. The fourth-order valence-electron chi connectivity index (χ4n) is 0.932. The zero-order chi connectivity index (χ0) is 10.1. The van der Waals surface area contributed by atoms with Crippen molar-refractivity contribution in [1.82, 2.24) is 8.75 Å². The van der Waals surface area contributed by atoms with E-state index < -0.39 is 5.97 Å². The topological polar surface area (TPSA) is 63.1 Å². The van der Waals surface area contributed by atoms with E-state index in [2.05, 4.69) is 24.7 Å². The summed E-state index contributed by atoms with van der Waals surface area (Å²) in [6.45, 7) is 0. The summed E-state index contributed by atoms with van der Waals surface area (Å²) in [5.74, 6) is -1.04. The molecule has 0 amide bonds.